The highest BCUT2D eigenvalue weighted by Gasteiger charge is 2.23. The van der Waals surface area contributed by atoms with Crippen molar-refractivity contribution in [3.8, 4) is 35.2 Å². The molecule has 0 aliphatic heterocycles. The summed E-state index contributed by atoms with van der Waals surface area (Å²) >= 11 is 0. The number of rotatable bonds is 12. The molecule has 0 bridgehead atoms. The van der Waals surface area contributed by atoms with Gasteiger partial charge in [0.15, 0.2) is 0 Å². The second kappa shape index (κ2) is 12.1. The highest BCUT2D eigenvalue weighted by Crippen LogP contribution is 2.34. The number of aliphatic hydroxyl groups is 1. The molecule has 0 spiro atoms. The van der Waals surface area contributed by atoms with Crippen molar-refractivity contribution in [1.82, 2.24) is 14.7 Å². The quantitative estimate of drug-likeness (QED) is 0.344. The largest absolute Gasteiger partial charge is 0.439 e. The summed E-state index contributed by atoms with van der Waals surface area (Å²) in [5.74, 6) is 3.87. The Morgan fingerprint density at radius 1 is 1.12 bits per heavy atom. The molecule has 0 saturated heterocycles. The van der Waals surface area contributed by atoms with Crippen molar-refractivity contribution in [2.75, 3.05) is 26.3 Å². The molecule has 1 N–H and O–H groups in total. The molecule has 6 heteroatoms. The van der Waals surface area contributed by atoms with Gasteiger partial charge in [0.2, 0.25) is 5.88 Å². The number of nitrogens with zero attached hydrogens (tertiary/aromatic N) is 3. The minimum atomic E-state index is -0.634. The summed E-state index contributed by atoms with van der Waals surface area (Å²) in [4.78, 5) is 2.20. The van der Waals surface area contributed by atoms with E-state index in [-0.39, 0.29) is 13.2 Å². The van der Waals surface area contributed by atoms with Gasteiger partial charge >= 0.3 is 0 Å². The first-order chi connectivity index (χ1) is 15.6. The van der Waals surface area contributed by atoms with Crippen LogP contribution < -0.4 is 4.74 Å². The van der Waals surface area contributed by atoms with Crippen molar-refractivity contribution in [3.63, 3.8) is 0 Å². The van der Waals surface area contributed by atoms with E-state index in [1.54, 1.807) is 4.68 Å². The van der Waals surface area contributed by atoms with E-state index in [1.165, 1.54) is 0 Å². The lowest BCUT2D eigenvalue weighted by Crippen LogP contribution is -2.35. The van der Waals surface area contributed by atoms with Crippen molar-refractivity contribution >= 4 is 0 Å². The molecule has 6 nitrogen and oxygen atoms in total. The van der Waals surface area contributed by atoms with Crippen molar-refractivity contribution < 1.29 is 14.6 Å². The van der Waals surface area contributed by atoms with E-state index in [9.17, 15) is 5.11 Å². The van der Waals surface area contributed by atoms with Gasteiger partial charge in [-0.3, -0.25) is 4.90 Å². The van der Waals surface area contributed by atoms with Gasteiger partial charge in [0, 0.05) is 25.7 Å². The first kappa shape index (κ1) is 23.6. The van der Waals surface area contributed by atoms with E-state index in [4.69, 9.17) is 21.0 Å². The first-order valence-corrected chi connectivity index (χ1v) is 10.9. The molecule has 0 unspecified atom stereocenters. The molecular weight excluding hydrogens is 402 g/mol. The number of ether oxygens (including phenoxy) is 2. The van der Waals surface area contributed by atoms with Gasteiger partial charge in [0.05, 0.1) is 18.3 Å². The molecular formula is C26H31N3O3. The van der Waals surface area contributed by atoms with Crippen LogP contribution in [0.15, 0.2) is 60.7 Å². The molecule has 0 amide bonds. The maximum atomic E-state index is 10.5. The van der Waals surface area contributed by atoms with E-state index < -0.39 is 6.10 Å². The Hall–Kier alpha value is -3.11. The maximum Gasteiger partial charge on any atom is 0.222 e. The van der Waals surface area contributed by atoms with Crippen LogP contribution in [0.25, 0.3) is 11.3 Å². The lowest BCUT2D eigenvalue weighted by Gasteiger charge is -2.25. The van der Waals surface area contributed by atoms with E-state index >= 15 is 0 Å². The summed E-state index contributed by atoms with van der Waals surface area (Å²) in [7, 11) is 1.89. The molecule has 3 rings (SSSR count). The predicted molar refractivity (Wildman–Crippen MR) is 126 cm³/mol. The Morgan fingerprint density at radius 2 is 1.81 bits per heavy atom. The van der Waals surface area contributed by atoms with Crippen molar-refractivity contribution in [1.29, 1.82) is 0 Å². The lowest BCUT2D eigenvalue weighted by molar-refractivity contribution is 0.0260. The summed E-state index contributed by atoms with van der Waals surface area (Å²) in [6.07, 6.45) is 5.55. The van der Waals surface area contributed by atoms with Gasteiger partial charge in [-0.25, -0.2) is 4.68 Å². The third-order valence-electron chi connectivity index (χ3n) is 4.98. The fraction of sp³-hybridized carbons (Fsp3) is 0.346. The van der Waals surface area contributed by atoms with Crippen LogP contribution in [-0.4, -0.2) is 52.2 Å². The van der Waals surface area contributed by atoms with Crippen LogP contribution in [0.3, 0.4) is 0 Å². The van der Waals surface area contributed by atoms with Crippen LogP contribution in [0.4, 0.5) is 0 Å². The van der Waals surface area contributed by atoms with E-state index in [1.807, 2.05) is 67.7 Å². The summed E-state index contributed by atoms with van der Waals surface area (Å²) in [5.41, 5.74) is 2.88. The molecule has 1 atom stereocenters. The van der Waals surface area contributed by atoms with Gasteiger partial charge in [-0.05, 0) is 25.1 Å². The third kappa shape index (κ3) is 6.44. The van der Waals surface area contributed by atoms with Gasteiger partial charge in [-0.15, -0.1) is 6.42 Å². The summed E-state index contributed by atoms with van der Waals surface area (Å²) < 4.78 is 13.4. The van der Waals surface area contributed by atoms with Gasteiger partial charge in [-0.1, -0.05) is 61.4 Å². The zero-order valence-electron chi connectivity index (χ0n) is 18.8. The van der Waals surface area contributed by atoms with E-state index in [0.717, 1.165) is 35.5 Å². The highest BCUT2D eigenvalue weighted by atomic mass is 16.5. The highest BCUT2D eigenvalue weighted by molar-refractivity contribution is 5.65. The number of aromatic nitrogens is 2. The van der Waals surface area contributed by atoms with Gasteiger partial charge in [0.1, 0.15) is 18.1 Å². The molecule has 0 radical (unpaired) electrons. The van der Waals surface area contributed by atoms with Crippen molar-refractivity contribution in [2.24, 2.45) is 7.05 Å². The first-order valence-electron chi connectivity index (χ1n) is 10.9. The summed E-state index contributed by atoms with van der Waals surface area (Å²) in [5, 5.41) is 15.2. The fourth-order valence-corrected chi connectivity index (χ4v) is 3.63. The topological polar surface area (TPSA) is 59.8 Å². The molecule has 3 aromatic rings. The zero-order chi connectivity index (χ0) is 22.8. The Labute approximate surface area is 190 Å². The minimum absolute atomic E-state index is 0.195. The Balaban J connectivity index is 1.91. The second-order valence-electron chi connectivity index (χ2n) is 7.65. The van der Waals surface area contributed by atoms with Gasteiger partial charge < -0.3 is 14.6 Å². The number of hydrogen-bond donors (Lipinski definition) is 1. The summed E-state index contributed by atoms with van der Waals surface area (Å²) in [6.45, 7) is 4.39. The van der Waals surface area contributed by atoms with Gasteiger partial charge in [-0.2, -0.15) is 5.10 Å². The molecule has 2 aromatic carbocycles. The Kier molecular flexibility index (Phi) is 8.88. The number of para-hydroxylation sites is 1. The average molecular weight is 434 g/mol. The lowest BCUT2D eigenvalue weighted by atomic mass is 10.1. The molecule has 0 fully saturated rings. The standard InChI is InChI=1S/C26H31N3O3/c1-4-16-29(18-22(30)20-31-17-5-2)19-24-25(21-12-8-6-9-13-21)27-28(3)26(24)32-23-14-10-7-11-15-23/h2,6-15,22,30H,4,16-20H2,1,3H3/t22-/m1/s1. The normalized spacial score (nSPS) is 12.0. The van der Waals surface area contributed by atoms with Crippen LogP contribution in [0.5, 0.6) is 11.6 Å². The van der Waals surface area contributed by atoms with Crippen LogP contribution in [0.2, 0.25) is 0 Å². The SMILES string of the molecule is C#CCOC[C@H](O)CN(CCC)Cc1c(-c2ccccc2)nn(C)c1Oc1ccccc1. The van der Waals surface area contributed by atoms with Crippen molar-refractivity contribution in [3.05, 3.63) is 66.2 Å². The van der Waals surface area contributed by atoms with Crippen LogP contribution >= 0.6 is 0 Å². The average Bonchev–Trinajstić information content (AvgIpc) is 3.10. The summed E-state index contributed by atoms with van der Waals surface area (Å²) in [6, 6.07) is 19.8. The fourth-order valence-electron chi connectivity index (χ4n) is 3.63. The minimum Gasteiger partial charge on any atom is -0.439 e. The van der Waals surface area contributed by atoms with E-state index in [0.29, 0.717) is 19.0 Å². The molecule has 0 aliphatic carbocycles. The van der Waals surface area contributed by atoms with Crippen LogP contribution in [-0.2, 0) is 18.3 Å². The molecule has 1 heterocycles. The number of aryl methyl sites for hydroxylation is 1. The monoisotopic (exact) mass is 433 g/mol. The molecule has 0 saturated carbocycles. The second-order valence-corrected chi connectivity index (χ2v) is 7.65. The molecule has 32 heavy (non-hydrogen) atoms. The predicted octanol–water partition coefficient (Wildman–Crippen LogP) is 4.10. The van der Waals surface area contributed by atoms with Gasteiger partial charge in [0.25, 0.3) is 0 Å². The molecule has 0 aliphatic rings. The Bertz CT molecular complexity index is 996. The number of terminal acetylenes is 1. The Morgan fingerprint density at radius 3 is 2.47 bits per heavy atom. The van der Waals surface area contributed by atoms with E-state index in [2.05, 4.69) is 17.7 Å². The number of benzene rings is 2. The van der Waals surface area contributed by atoms with Crippen LogP contribution in [0.1, 0.15) is 18.9 Å². The maximum absolute atomic E-state index is 10.5. The number of aliphatic hydroxyl groups excluding tert-OH is 1. The smallest absolute Gasteiger partial charge is 0.222 e. The van der Waals surface area contributed by atoms with Crippen LogP contribution in [0, 0.1) is 12.3 Å². The number of hydrogen-bond acceptors (Lipinski definition) is 5. The molecule has 1 aromatic heterocycles. The molecule has 168 valence electrons. The third-order valence-corrected chi connectivity index (χ3v) is 4.98. The van der Waals surface area contributed by atoms with Crippen molar-refractivity contribution in [2.45, 2.75) is 26.0 Å². The zero-order valence-corrected chi connectivity index (χ0v) is 18.8.